The summed E-state index contributed by atoms with van der Waals surface area (Å²) >= 11 is 1.26. The molecule has 0 unspecified atom stereocenters. The summed E-state index contributed by atoms with van der Waals surface area (Å²) in [6.07, 6.45) is 5.96. The molecule has 1 aliphatic carbocycles. The van der Waals surface area contributed by atoms with Crippen molar-refractivity contribution in [1.29, 1.82) is 0 Å². The Morgan fingerprint density at radius 3 is 2.67 bits per heavy atom. The highest BCUT2D eigenvalue weighted by atomic mass is 32.2. The lowest BCUT2D eigenvalue weighted by Crippen LogP contribution is -2.34. The van der Waals surface area contributed by atoms with E-state index < -0.39 is 5.97 Å². The van der Waals surface area contributed by atoms with Gasteiger partial charge in [-0.15, -0.1) is 10.2 Å². The number of nitrogens with zero attached hydrogens (tertiary/aromatic N) is 3. The van der Waals surface area contributed by atoms with Crippen molar-refractivity contribution in [2.75, 3.05) is 5.75 Å². The molecule has 0 aromatic carbocycles. The van der Waals surface area contributed by atoms with Crippen LogP contribution in [0.1, 0.15) is 44.9 Å². The smallest absolute Gasteiger partial charge is 0.313 e. The Morgan fingerprint density at radius 2 is 2.06 bits per heavy atom. The second-order valence-electron chi connectivity index (χ2n) is 5.11. The Kier molecular flexibility index (Phi) is 3.94. The molecule has 0 bridgehead atoms. The topological polar surface area (TPSA) is 68.0 Å². The van der Waals surface area contributed by atoms with Gasteiger partial charge in [-0.3, -0.25) is 4.79 Å². The van der Waals surface area contributed by atoms with Crippen molar-refractivity contribution < 1.29 is 9.90 Å². The van der Waals surface area contributed by atoms with Gasteiger partial charge in [0.05, 0.1) is 5.75 Å². The van der Waals surface area contributed by atoms with Crippen LogP contribution >= 0.6 is 11.8 Å². The summed E-state index contributed by atoms with van der Waals surface area (Å²) in [4.78, 5) is 10.7. The highest BCUT2D eigenvalue weighted by Gasteiger charge is 2.32. The Labute approximate surface area is 111 Å². The van der Waals surface area contributed by atoms with Gasteiger partial charge in [-0.2, -0.15) is 0 Å². The van der Waals surface area contributed by atoms with Crippen molar-refractivity contribution in [3.05, 3.63) is 5.82 Å². The van der Waals surface area contributed by atoms with Crippen LogP contribution in [0.3, 0.4) is 0 Å². The molecule has 100 valence electrons. The molecule has 0 spiro atoms. The third kappa shape index (κ3) is 2.68. The van der Waals surface area contributed by atoms with Crippen LogP contribution in [0.5, 0.6) is 0 Å². The summed E-state index contributed by atoms with van der Waals surface area (Å²) < 4.78 is 2.14. The van der Waals surface area contributed by atoms with Crippen molar-refractivity contribution in [3.63, 3.8) is 0 Å². The number of carboxylic acid groups (broad SMARTS) is 1. The number of aliphatic carboxylic acids is 1. The third-order valence-electron chi connectivity index (χ3n) is 3.59. The molecule has 0 aliphatic heterocycles. The fourth-order valence-electron chi connectivity index (χ4n) is 2.72. The Balaban J connectivity index is 2.25. The molecular weight excluding hydrogens is 250 g/mol. The van der Waals surface area contributed by atoms with Gasteiger partial charge >= 0.3 is 5.97 Å². The van der Waals surface area contributed by atoms with Crippen LogP contribution in [0.15, 0.2) is 5.16 Å². The van der Waals surface area contributed by atoms with Crippen molar-refractivity contribution >= 4 is 17.7 Å². The maximum Gasteiger partial charge on any atom is 0.313 e. The zero-order chi connectivity index (χ0) is 13.2. The fraction of sp³-hybridized carbons (Fsp3) is 0.750. The van der Waals surface area contributed by atoms with Gasteiger partial charge in [0.2, 0.25) is 0 Å². The number of hydrogen-bond donors (Lipinski definition) is 1. The monoisotopic (exact) mass is 269 g/mol. The van der Waals surface area contributed by atoms with Crippen LogP contribution in [-0.4, -0.2) is 31.6 Å². The maximum atomic E-state index is 10.7. The van der Waals surface area contributed by atoms with E-state index in [1.54, 1.807) is 0 Å². The number of carboxylic acids is 1. The third-order valence-corrected chi connectivity index (χ3v) is 4.50. The lowest BCUT2D eigenvalue weighted by molar-refractivity contribution is -0.133. The molecule has 1 aromatic rings. The first kappa shape index (κ1) is 13.4. The normalized spacial score (nSPS) is 18.8. The van der Waals surface area contributed by atoms with E-state index in [1.807, 2.05) is 6.92 Å². The van der Waals surface area contributed by atoms with E-state index in [-0.39, 0.29) is 11.3 Å². The molecule has 1 aliphatic rings. The van der Waals surface area contributed by atoms with Gasteiger partial charge in [0.1, 0.15) is 5.82 Å². The molecule has 0 saturated heterocycles. The molecule has 1 N–H and O–H groups in total. The van der Waals surface area contributed by atoms with E-state index >= 15 is 0 Å². The Hall–Kier alpha value is -1.04. The van der Waals surface area contributed by atoms with E-state index in [0.717, 1.165) is 23.8 Å². The van der Waals surface area contributed by atoms with Crippen LogP contribution in [0, 0.1) is 6.92 Å². The molecule has 1 fully saturated rings. The zero-order valence-corrected chi connectivity index (χ0v) is 11.7. The molecular formula is C12H19N3O2S. The second kappa shape index (κ2) is 5.30. The van der Waals surface area contributed by atoms with Crippen LogP contribution in [-0.2, 0) is 10.3 Å². The second-order valence-corrected chi connectivity index (χ2v) is 6.05. The van der Waals surface area contributed by atoms with E-state index in [1.165, 1.54) is 31.0 Å². The Bertz CT molecular complexity index is 439. The molecule has 1 heterocycles. The van der Waals surface area contributed by atoms with Gasteiger partial charge < -0.3 is 9.67 Å². The summed E-state index contributed by atoms with van der Waals surface area (Å²) in [5.74, 6) is 0.0992. The first-order valence-corrected chi connectivity index (χ1v) is 7.28. The minimum Gasteiger partial charge on any atom is -0.481 e. The summed E-state index contributed by atoms with van der Waals surface area (Å²) in [5, 5.41) is 17.7. The highest BCUT2D eigenvalue weighted by molar-refractivity contribution is 7.99. The van der Waals surface area contributed by atoms with Gasteiger partial charge in [0.15, 0.2) is 5.16 Å². The molecule has 0 amide bonds. The van der Waals surface area contributed by atoms with Gasteiger partial charge in [0.25, 0.3) is 0 Å². The molecule has 5 nitrogen and oxygen atoms in total. The Morgan fingerprint density at radius 1 is 1.39 bits per heavy atom. The SMILES string of the molecule is Cc1nnc(SCC(=O)O)n1C1(C)CCCCC1. The highest BCUT2D eigenvalue weighted by Crippen LogP contribution is 2.37. The average Bonchev–Trinajstić information content (AvgIpc) is 2.69. The molecule has 0 atom stereocenters. The lowest BCUT2D eigenvalue weighted by Gasteiger charge is -2.36. The standard InChI is InChI=1S/C12H19N3O2S/c1-9-13-14-11(18-8-10(16)17)15(9)12(2)6-4-3-5-7-12/h3-8H2,1-2H3,(H,16,17). The largest absolute Gasteiger partial charge is 0.481 e. The molecule has 1 aromatic heterocycles. The zero-order valence-electron chi connectivity index (χ0n) is 10.8. The first-order valence-electron chi connectivity index (χ1n) is 6.30. The van der Waals surface area contributed by atoms with Gasteiger partial charge in [-0.05, 0) is 26.7 Å². The fourth-order valence-corrected chi connectivity index (χ4v) is 3.55. The van der Waals surface area contributed by atoms with Crippen LogP contribution in [0.25, 0.3) is 0 Å². The van der Waals surface area contributed by atoms with E-state index in [2.05, 4.69) is 21.7 Å². The van der Waals surface area contributed by atoms with E-state index in [0.29, 0.717) is 0 Å². The predicted molar refractivity (Wildman–Crippen MR) is 69.9 cm³/mol. The molecule has 1 saturated carbocycles. The van der Waals surface area contributed by atoms with Crippen LogP contribution < -0.4 is 0 Å². The summed E-state index contributed by atoms with van der Waals surface area (Å²) in [6, 6.07) is 0. The predicted octanol–water partition coefficient (Wildman–Crippen LogP) is 2.44. The molecule has 18 heavy (non-hydrogen) atoms. The number of hydrogen-bond acceptors (Lipinski definition) is 4. The first-order chi connectivity index (χ1) is 8.53. The van der Waals surface area contributed by atoms with Crippen molar-refractivity contribution in [2.45, 2.75) is 56.6 Å². The van der Waals surface area contributed by atoms with Crippen LogP contribution in [0.4, 0.5) is 0 Å². The molecule has 2 rings (SSSR count). The van der Waals surface area contributed by atoms with Gasteiger partial charge in [-0.25, -0.2) is 0 Å². The minimum absolute atomic E-state index is 0.0359. The maximum absolute atomic E-state index is 10.7. The molecule has 0 radical (unpaired) electrons. The van der Waals surface area contributed by atoms with Crippen molar-refractivity contribution in [1.82, 2.24) is 14.8 Å². The van der Waals surface area contributed by atoms with Crippen molar-refractivity contribution in [2.24, 2.45) is 0 Å². The summed E-state index contributed by atoms with van der Waals surface area (Å²) in [6.45, 7) is 4.17. The van der Waals surface area contributed by atoms with Crippen molar-refractivity contribution in [3.8, 4) is 0 Å². The summed E-state index contributed by atoms with van der Waals surface area (Å²) in [7, 11) is 0. The molecule has 6 heteroatoms. The summed E-state index contributed by atoms with van der Waals surface area (Å²) in [5.41, 5.74) is 0.0483. The number of rotatable bonds is 4. The van der Waals surface area contributed by atoms with Crippen LogP contribution in [0.2, 0.25) is 0 Å². The van der Waals surface area contributed by atoms with E-state index in [9.17, 15) is 4.79 Å². The number of carbonyl (C=O) groups is 1. The minimum atomic E-state index is -0.819. The quantitative estimate of drug-likeness (QED) is 0.850. The number of thioether (sulfide) groups is 1. The van der Waals surface area contributed by atoms with E-state index in [4.69, 9.17) is 5.11 Å². The van der Waals surface area contributed by atoms with Gasteiger partial charge in [0, 0.05) is 5.54 Å². The lowest BCUT2D eigenvalue weighted by atomic mass is 9.83. The number of aromatic nitrogens is 3. The number of aryl methyl sites for hydroxylation is 1. The average molecular weight is 269 g/mol. The van der Waals surface area contributed by atoms with Gasteiger partial charge in [-0.1, -0.05) is 31.0 Å².